The number of ether oxygens (including phenoxy) is 1. The van der Waals surface area contributed by atoms with Gasteiger partial charge in [0, 0.05) is 26.1 Å². The number of pyridine rings is 1. The van der Waals surface area contributed by atoms with Gasteiger partial charge in [-0.1, -0.05) is 6.07 Å². The van der Waals surface area contributed by atoms with Gasteiger partial charge in [-0.2, -0.15) is 5.26 Å². The van der Waals surface area contributed by atoms with E-state index in [-0.39, 0.29) is 17.7 Å². The zero-order valence-corrected chi connectivity index (χ0v) is 14.3. The summed E-state index contributed by atoms with van der Waals surface area (Å²) in [5.41, 5.74) is 0.168. The maximum Gasteiger partial charge on any atom is 0.320 e. The van der Waals surface area contributed by atoms with Gasteiger partial charge in [-0.05, 0) is 31.4 Å². The lowest BCUT2D eigenvalue weighted by Crippen LogP contribution is -2.43. The van der Waals surface area contributed by atoms with Crippen LogP contribution in [0.25, 0.3) is 0 Å². The Balaban J connectivity index is 1.35. The Kier molecular flexibility index (Phi) is 4.22. The Hall–Kier alpha value is -2.33. The van der Waals surface area contributed by atoms with Crippen LogP contribution < -0.4 is 5.32 Å². The van der Waals surface area contributed by atoms with Crippen molar-refractivity contribution in [3.8, 4) is 6.07 Å². The number of nitrogens with zero attached hydrogens (tertiary/aromatic N) is 4. The van der Waals surface area contributed by atoms with Crippen LogP contribution in [0, 0.1) is 11.3 Å². The Morgan fingerprint density at radius 1 is 1.32 bits per heavy atom. The average Bonchev–Trinajstić information content (AvgIpc) is 3.37. The number of urea groups is 1. The Labute approximate surface area is 147 Å². The molecular weight excluding hydrogens is 318 g/mol. The maximum atomic E-state index is 12.6. The molecule has 1 aromatic heterocycles. The maximum absolute atomic E-state index is 12.6. The molecule has 132 valence electrons. The van der Waals surface area contributed by atoms with Crippen molar-refractivity contribution in [3.05, 3.63) is 23.9 Å². The van der Waals surface area contributed by atoms with Crippen LogP contribution in [0.3, 0.4) is 0 Å². The van der Waals surface area contributed by atoms with Gasteiger partial charge in [-0.15, -0.1) is 0 Å². The van der Waals surface area contributed by atoms with Gasteiger partial charge in [0.1, 0.15) is 17.6 Å². The molecule has 0 bridgehead atoms. The zero-order chi connectivity index (χ0) is 17.3. The van der Waals surface area contributed by atoms with E-state index in [0.29, 0.717) is 24.7 Å². The SMILES string of the molecule is N#Cc1cccc(N[C@@H]2CO[C@@]3(CCN(C(=O)N4CCCC4)C3)C2)n1. The Morgan fingerprint density at radius 2 is 2.16 bits per heavy atom. The summed E-state index contributed by atoms with van der Waals surface area (Å²) in [6, 6.07) is 7.76. The molecule has 1 N–H and O–H groups in total. The summed E-state index contributed by atoms with van der Waals surface area (Å²) in [5.74, 6) is 0.702. The molecule has 0 aliphatic carbocycles. The van der Waals surface area contributed by atoms with E-state index in [1.165, 1.54) is 0 Å². The number of amides is 2. The van der Waals surface area contributed by atoms with Crippen LogP contribution in [-0.2, 0) is 4.74 Å². The number of nitriles is 1. The van der Waals surface area contributed by atoms with Crippen LogP contribution in [0.4, 0.5) is 10.6 Å². The highest BCUT2D eigenvalue weighted by Gasteiger charge is 2.47. The quantitative estimate of drug-likeness (QED) is 0.887. The molecule has 0 aromatic carbocycles. The van der Waals surface area contributed by atoms with Crippen LogP contribution in [-0.4, -0.2) is 65.2 Å². The lowest BCUT2D eigenvalue weighted by atomic mass is 9.97. The second kappa shape index (κ2) is 6.52. The van der Waals surface area contributed by atoms with E-state index in [2.05, 4.69) is 16.4 Å². The lowest BCUT2D eigenvalue weighted by Gasteiger charge is -2.26. The van der Waals surface area contributed by atoms with E-state index < -0.39 is 0 Å². The normalized spacial score (nSPS) is 28.5. The monoisotopic (exact) mass is 341 g/mol. The van der Waals surface area contributed by atoms with Crippen LogP contribution >= 0.6 is 0 Å². The van der Waals surface area contributed by atoms with Crippen LogP contribution in [0.5, 0.6) is 0 Å². The van der Waals surface area contributed by atoms with Crippen LogP contribution in [0.1, 0.15) is 31.4 Å². The van der Waals surface area contributed by atoms with Gasteiger partial charge in [0.25, 0.3) is 0 Å². The van der Waals surface area contributed by atoms with Crippen molar-refractivity contribution in [3.63, 3.8) is 0 Å². The first kappa shape index (κ1) is 16.2. The Morgan fingerprint density at radius 3 is 2.96 bits per heavy atom. The van der Waals surface area contributed by atoms with Crippen molar-refractivity contribution in [2.75, 3.05) is 38.1 Å². The summed E-state index contributed by atoms with van der Waals surface area (Å²) >= 11 is 0. The summed E-state index contributed by atoms with van der Waals surface area (Å²) in [4.78, 5) is 20.7. The molecule has 7 nitrogen and oxygen atoms in total. The number of aromatic nitrogens is 1. The van der Waals surface area contributed by atoms with Crippen molar-refractivity contribution in [1.82, 2.24) is 14.8 Å². The van der Waals surface area contributed by atoms with Gasteiger partial charge in [0.2, 0.25) is 0 Å². The summed E-state index contributed by atoms with van der Waals surface area (Å²) in [6.45, 7) is 3.81. The molecule has 1 aromatic rings. The van der Waals surface area contributed by atoms with Crippen molar-refractivity contribution >= 4 is 11.8 Å². The highest BCUT2D eigenvalue weighted by molar-refractivity contribution is 5.75. The number of nitrogens with one attached hydrogen (secondary N) is 1. The number of likely N-dealkylation sites (tertiary alicyclic amines) is 2. The topological polar surface area (TPSA) is 81.5 Å². The highest BCUT2D eigenvalue weighted by atomic mass is 16.5. The molecule has 3 saturated heterocycles. The number of carbonyl (C=O) groups is 1. The van der Waals surface area contributed by atoms with E-state index in [0.717, 1.165) is 45.3 Å². The summed E-state index contributed by atoms with van der Waals surface area (Å²) in [5, 5.41) is 12.3. The fourth-order valence-corrected chi connectivity index (χ4v) is 4.12. The predicted molar refractivity (Wildman–Crippen MR) is 92.1 cm³/mol. The third kappa shape index (κ3) is 3.27. The zero-order valence-electron chi connectivity index (χ0n) is 14.3. The molecule has 0 unspecified atom stereocenters. The van der Waals surface area contributed by atoms with E-state index >= 15 is 0 Å². The van der Waals surface area contributed by atoms with Gasteiger partial charge in [0.15, 0.2) is 0 Å². The third-order valence-electron chi connectivity index (χ3n) is 5.39. The van der Waals surface area contributed by atoms with E-state index in [4.69, 9.17) is 10.00 Å². The minimum Gasteiger partial charge on any atom is -0.371 e. The predicted octanol–water partition coefficient (Wildman–Crippen LogP) is 1.81. The van der Waals surface area contributed by atoms with Crippen molar-refractivity contribution in [1.29, 1.82) is 5.26 Å². The van der Waals surface area contributed by atoms with Gasteiger partial charge in [-0.3, -0.25) is 0 Å². The fraction of sp³-hybridized carbons (Fsp3) is 0.611. The average molecular weight is 341 g/mol. The molecule has 3 aliphatic heterocycles. The standard InChI is InChI=1S/C18H23N5O2/c19-11-14-4-3-5-16(20-14)21-15-10-18(25-12-15)6-9-23(13-18)17(24)22-7-1-2-8-22/h3-5,15H,1-2,6-10,12-13H2,(H,20,21)/t15-,18-/m0/s1. The smallest absolute Gasteiger partial charge is 0.320 e. The van der Waals surface area contributed by atoms with Gasteiger partial charge < -0.3 is 19.9 Å². The minimum absolute atomic E-state index is 0.156. The van der Waals surface area contributed by atoms with E-state index in [1.54, 1.807) is 6.07 Å². The van der Waals surface area contributed by atoms with Crippen molar-refractivity contribution in [2.24, 2.45) is 0 Å². The molecule has 3 aliphatic rings. The molecule has 25 heavy (non-hydrogen) atoms. The van der Waals surface area contributed by atoms with E-state index in [9.17, 15) is 4.79 Å². The number of hydrogen-bond donors (Lipinski definition) is 1. The molecule has 0 saturated carbocycles. The second-order valence-corrected chi connectivity index (χ2v) is 7.21. The first-order valence-corrected chi connectivity index (χ1v) is 8.99. The molecule has 0 radical (unpaired) electrons. The Bertz CT molecular complexity index is 697. The number of hydrogen-bond acceptors (Lipinski definition) is 5. The first-order chi connectivity index (χ1) is 12.2. The minimum atomic E-state index is -0.236. The van der Waals surface area contributed by atoms with Crippen molar-refractivity contribution < 1.29 is 9.53 Å². The molecule has 4 rings (SSSR count). The van der Waals surface area contributed by atoms with E-state index in [1.807, 2.05) is 21.9 Å². The summed E-state index contributed by atoms with van der Waals surface area (Å²) in [7, 11) is 0. The highest BCUT2D eigenvalue weighted by Crippen LogP contribution is 2.36. The molecular formula is C18H23N5O2. The molecule has 4 heterocycles. The summed E-state index contributed by atoms with van der Waals surface area (Å²) in [6.07, 6.45) is 3.97. The molecule has 3 fully saturated rings. The number of rotatable bonds is 2. The number of anilines is 1. The van der Waals surface area contributed by atoms with Gasteiger partial charge in [0.05, 0.1) is 24.8 Å². The van der Waals surface area contributed by atoms with Gasteiger partial charge >= 0.3 is 6.03 Å². The second-order valence-electron chi connectivity index (χ2n) is 7.21. The molecule has 2 amide bonds. The number of carbonyl (C=O) groups excluding carboxylic acids is 1. The van der Waals surface area contributed by atoms with Gasteiger partial charge in [-0.25, -0.2) is 9.78 Å². The summed E-state index contributed by atoms with van der Waals surface area (Å²) < 4.78 is 6.12. The molecule has 7 heteroatoms. The largest absolute Gasteiger partial charge is 0.371 e. The molecule has 2 atom stereocenters. The van der Waals surface area contributed by atoms with Crippen molar-refractivity contribution in [2.45, 2.75) is 37.3 Å². The third-order valence-corrected chi connectivity index (χ3v) is 5.39. The fourth-order valence-electron chi connectivity index (χ4n) is 4.12. The van der Waals surface area contributed by atoms with Crippen LogP contribution in [0.15, 0.2) is 18.2 Å². The molecule has 1 spiro atoms. The van der Waals surface area contributed by atoms with Crippen LogP contribution in [0.2, 0.25) is 0 Å². The lowest BCUT2D eigenvalue weighted by molar-refractivity contribution is 0.0141. The first-order valence-electron chi connectivity index (χ1n) is 8.99.